The third kappa shape index (κ3) is 3.88. The Balaban J connectivity index is 1.87. The summed E-state index contributed by atoms with van der Waals surface area (Å²) in [4.78, 5) is 17.3. The van der Waals surface area contributed by atoms with Gasteiger partial charge in [-0.25, -0.2) is 0 Å². The van der Waals surface area contributed by atoms with Gasteiger partial charge in [0, 0.05) is 24.6 Å². The molecule has 0 saturated heterocycles. The minimum Gasteiger partial charge on any atom is -0.383 e. The van der Waals surface area contributed by atoms with Crippen LogP contribution in [0.3, 0.4) is 0 Å². The lowest BCUT2D eigenvalue weighted by Crippen LogP contribution is -2.19. The third-order valence-electron chi connectivity index (χ3n) is 4.73. The third-order valence-corrected chi connectivity index (χ3v) is 5.85. The second-order valence-corrected chi connectivity index (χ2v) is 7.64. The van der Waals surface area contributed by atoms with Crippen LogP contribution in [-0.2, 0) is 17.5 Å². The SMILES string of the molecule is COCCn1c(=NC(=O)c2cccc(C(F)(F)F)c2)sc2c3ccccc3ccc21. The number of methoxy groups -OCH3 is 1. The lowest BCUT2D eigenvalue weighted by Gasteiger charge is -2.07. The molecule has 1 aromatic heterocycles. The Morgan fingerprint density at radius 1 is 1.10 bits per heavy atom. The van der Waals surface area contributed by atoms with Crippen LogP contribution in [0.25, 0.3) is 21.0 Å². The predicted octanol–water partition coefficient (Wildman–Crippen LogP) is 5.26. The van der Waals surface area contributed by atoms with Crippen molar-refractivity contribution >= 4 is 38.2 Å². The standard InChI is InChI=1S/C22H17F3N2O2S/c1-29-12-11-27-18-10-9-14-5-2-3-8-17(14)19(18)30-21(27)26-20(28)15-6-4-7-16(13-15)22(23,24)25/h2-10,13H,11-12H2,1H3. The van der Waals surface area contributed by atoms with E-state index in [2.05, 4.69) is 4.99 Å². The van der Waals surface area contributed by atoms with Gasteiger partial charge in [-0.05, 0) is 29.7 Å². The van der Waals surface area contributed by atoms with Gasteiger partial charge in [-0.1, -0.05) is 47.7 Å². The topological polar surface area (TPSA) is 43.6 Å². The van der Waals surface area contributed by atoms with Crippen molar-refractivity contribution in [2.45, 2.75) is 12.7 Å². The molecular formula is C22H17F3N2O2S. The number of rotatable bonds is 4. The second-order valence-electron chi connectivity index (χ2n) is 6.66. The molecule has 4 aromatic rings. The Bertz CT molecular complexity index is 1310. The van der Waals surface area contributed by atoms with Gasteiger partial charge in [0.25, 0.3) is 5.91 Å². The average Bonchev–Trinajstić information content (AvgIpc) is 3.09. The molecule has 0 unspecified atom stereocenters. The van der Waals surface area contributed by atoms with E-state index in [1.807, 2.05) is 41.0 Å². The maximum absolute atomic E-state index is 13.0. The molecule has 4 nitrogen and oxygen atoms in total. The van der Waals surface area contributed by atoms with Gasteiger partial charge < -0.3 is 9.30 Å². The lowest BCUT2D eigenvalue weighted by atomic mass is 10.1. The smallest absolute Gasteiger partial charge is 0.383 e. The number of nitrogens with zero attached hydrogens (tertiary/aromatic N) is 2. The van der Waals surface area contributed by atoms with Gasteiger partial charge in [-0.15, -0.1) is 0 Å². The van der Waals surface area contributed by atoms with Crippen LogP contribution in [0.5, 0.6) is 0 Å². The largest absolute Gasteiger partial charge is 0.416 e. The number of ether oxygens (including phenoxy) is 1. The number of amides is 1. The molecule has 1 heterocycles. The zero-order valence-corrected chi connectivity index (χ0v) is 16.8. The van der Waals surface area contributed by atoms with Crippen molar-refractivity contribution in [3.05, 3.63) is 76.6 Å². The second kappa shape index (κ2) is 8.04. The molecule has 4 rings (SSSR count). The van der Waals surface area contributed by atoms with E-state index in [1.54, 1.807) is 7.11 Å². The monoisotopic (exact) mass is 430 g/mol. The van der Waals surface area contributed by atoms with Gasteiger partial charge in [0.1, 0.15) is 0 Å². The van der Waals surface area contributed by atoms with E-state index in [9.17, 15) is 18.0 Å². The van der Waals surface area contributed by atoms with Crippen molar-refractivity contribution in [2.75, 3.05) is 13.7 Å². The summed E-state index contributed by atoms with van der Waals surface area (Å²) >= 11 is 1.33. The Hall–Kier alpha value is -2.97. The average molecular weight is 430 g/mol. The summed E-state index contributed by atoms with van der Waals surface area (Å²) in [6.45, 7) is 0.868. The molecule has 0 fully saturated rings. The molecule has 0 aliphatic heterocycles. The van der Waals surface area contributed by atoms with E-state index in [4.69, 9.17) is 4.74 Å². The minimum absolute atomic E-state index is 0.106. The van der Waals surface area contributed by atoms with Crippen LogP contribution in [0.4, 0.5) is 13.2 Å². The van der Waals surface area contributed by atoms with Gasteiger partial charge in [0.2, 0.25) is 0 Å². The summed E-state index contributed by atoms with van der Waals surface area (Å²) in [5, 5.41) is 2.08. The number of benzene rings is 3. The molecule has 1 amide bonds. The number of halogens is 3. The maximum Gasteiger partial charge on any atom is 0.416 e. The Morgan fingerprint density at radius 2 is 1.90 bits per heavy atom. The van der Waals surface area contributed by atoms with E-state index < -0.39 is 17.6 Å². The van der Waals surface area contributed by atoms with Crippen LogP contribution in [0.2, 0.25) is 0 Å². The minimum atomic E-state index is -4.52. The number of hydrogen-bond acceptors (Lipinski definition) is 3. The molecule has 0 bridgehead atoms. The first kappa shape index (κ1) is 20.3. The molecule has 0 spiro atoms. The summed E-state index contributed by atoms with van der Waals surface area (Å²) < 4.78 is 47.0. The van der Waals surface area contributed by atoms with Crippen LogP contribution in [0.1, 0.15) is 15.9 Å². The van der Waals surface area contributed by atoms with Crippen molar-refractivity contribution in [3.8, 4) is 0 Å². The van der Waals surface area contributed by atoms with Crippen LogP contribution in [-0.4, -0.2) is 24.2 Å². The van der Waals surface area contributed by atoms with Crippen LogP contribution < -0.4 is 4.80 Å². The van der Waals surface area contributed by atoms with E-state index >= 15 is 0 Å². The summed E-state index contributed by atoms with van der Waals surface area (Å²) in [5.74, 6) is -0.719. The van der Waals surface area contributed by atoms with Gasteiger partial charge >= 0.3 is 6.18 Å². The molecule has 0 radical (unpaired) electrons. The first-order valence-electron chi connectivity index (χ1n) is 9.15. The van der Waals surface area contributed by atoms with Gasteiger partial charge in [0.15, 0.2) is 4.80 Å². The van der Waals surface area contributed by atoms with Crippen molar-refractivity contribution in [1.29, 1.82) is 0 Å². The molecule has 8 heteroatoms. The molecule has 0 atom stereocenters. The lowest BCUT2D eigenvalue weighted by molar-refractivity contribution is -0.137. The van der Waals surface area contributed by atoms with Crippen LogP contribution in [0, 0.1) is 0 Å². The van der Waals surface area contributed by atoms with Gasteiger partial charge in [-0.3, -0.25) is 4.79 Å². The highest BCUT2D eigenvalue weighted by Gasteiger charge is 2.30. The highest BCUT2D eigenvalue weighted by Crippen LogP contribution is 2.30. The van der Waals surface area contributed by atoms with Crippen molar-refractivity contribution in [2.24, 2.45) is 4.99 Å². The number of thiazole rings is 1. The Labute approximate surface area is 173 Å². The van der Waals surface area contributed by atoms with Gasteiger partial charge in [-0.2, -0.15) is 18.2 Å². The van der Waals surface area contributed by atoms with Gasteiger partial charge in [0.05, 0.1) is 22.4 Å². The number of alkyl halides is 3. The highest BCUT2D eigenvalue weighted by atomic mass is 32.1. The first-order chi connectivity index (χ1) is 14.4. The van der Waals surface area contributed by atoms with Crippen molar-refractivity contribution < 1.29 is 22.7 Å². The quantitative estimate of drug-likeness (QED) is 0.443. The summed E-state index contributed by atoms with van der Waals surface area (Å²) in [6, 6.07) is 16.1. The Kier molecular flexibility index (Phi) is 5.44. The number of aromatic nitrogens is 1. The first-order valence-corrected chi connectivity index (χ1v) is 9.96. The highest BCUT2D eigenvalue weighted by molar-refractivity contribution is 7.17. The van der Waals surface area contributed by atoms with E-state index in [0.29, 0.717) is 18.0 Å². The van der Waals surface area contributed by atoms with Crippen LogP contribution in [0.15, 0.2) is 65.7 Å². The van der Waals surface area contributed by atoms with Crippen molar-refractivity contribution in [3.63, 3.8) is 0 Å². The van der Waals surface area contributed by atoms with Crippen molar-refractivity contribution in [1.82, 2.24) is 4.57 Å². The number of carbonyl (C=O) groups excluding carboxylic acids is 1. The molecule has 0 saturated carbocycles. The van der Waals surface area contributed by atoms with E-state index in [0.717, 1.165) is 33.1 Å². The van der Waals surface area contributed by atoms with Crippen LogP contribution >= 0.6 is 11.3 Å². The molecule has 0 aliphatic carbocycles. The number of hydrogen-bond donors (Lipinski definition) is 0. The summed E-state index contributed by atoms with van der Waals surface area (Å²) in [7, 11) is 1.58. The normalized spacial score (nSPS) is 12.7. The number of fused-ring (bicyclic) bond motifs is 3. The fourth-order valence-corrected chi connectivity index (χ4v) is 4.45. The van der Waals surface area contributed by atoms with E-state index in [1.165, 1.54) is 23.5 Å². The summed E-state index contributed by atoms with van der Waals surface area (Å²) in [5.41, 5.74) is -0.0880. The molecule has 30 heavy (non-hydrogen) atoms. The molecule has 154 valence electrons. The maximum atomic E-state index is 13.0. The fraction of sp³-hybridized carbons (Fsp3) is 0.182. The van der Waals surface area contributed by atoms with E-state index in [-0.39, 0.29) is 5.56 Å². The molecule has 3 aromatic carbocycles. The predicted molar refractivity (Wildman–Crippen MR) is 111 cm³/mol. The molecule has 0 aliphatic rings. The fourth-order valence-electron chi connectivity index (χ4n) is 3.26. The molecular weight excluding hydrogens is 413 g/mol. The Morgan fingerprint density at radius 3 is 2.67 bits per heavy atom. The molecule has 0 N–H and O–H groups in total. The summed E-state index contributed by atoms with van der Waals surface area (Å²) in [6.07, 6.45) is -4.52. The zero-order chi connectivity index (χ0) is 21.3. The number of carbonyl (C=O) groups is 1. The zero-order valence-electron chi connectivity index (χ0n) is 15.9.